The zero-order valence-corrected chi connectivity index (χ0v) is 9.95. The smallest absolute Gasteiger partial charge is 0.240 e. The van der Waals surface area contributed by atoms with Gasteiger partial charge in [0.2, 0.25) is 5.91 Å². The molecule has 5 nitrogen and oxygen atoms in total. The minimum absolute atomic E-state index is 0.0512. The molecular weight excluding hydrogens is 230 g/mol. The van der Waals surface area contributed by atoms with Crippen LogP contribution < -0.4 is 10.1 Å². The molecule has 0 bridgehead atoms. The van der Waals surface area contributed by atoms with Crippen LogP contribution in [0.25, 0.3) is 0 Å². The summed E-state index contributed by atoms with van der Waals surface area (Å²) in [5, 5.41) is 2.78. The van der Waals surface area contributed by atoms with Gasteiger partial charge in [-0.25, -0.2) is 4.98 Å². The molecule has 1 amide bonds. The Labute approximate surface area is 105 Å². The van der Waals surface area contributed by atoms with Gasteiger partial charge in [-0.1, -0.05) is 18.2 Å². The molecule has 5 heteroatoms. The van der Waals surface area contributed by atoms with E-state index in [0.717, 1.165) is 5.75 Å². The third-order valence-electron chi connectivity index (χ3n) is 2.32. The van der Waals surface area contributed by atoms with Crippen molar-refractivity contribution in [3.8, 4) is 5.75 Å². The van der Waals surface area contributed by atoms with Crippen LogP contribution in [0.3, 0.4) is 0 Å². The monoisotopic (exact) mass is 245 g/mol. The third kappa shape index (κ3) is 3.93. The molecule has 0 saturated carbocycles. The van der Waals surface area contributed by atoms with Crippen molar-refractivity contribution in [3.63, 3.8) is 0 Å². The summed E-state index contributed by atoms with van der Waals surface area (Å²) in [6, 6.07) is 9.51. The number of hydrogen-bond donors (Lipinski definition) is 1. The van der Waals surface area contributed by atoms with Crippen LogP contribution >= 0.6 is 0 Å². The van der Waals surface area contributed by atoms with Crippen LogP contribution in [0.15, 0.2) is 49.1 Å². The van der Waals surface area contributed by atoms with Gasteiger partial charge in [0.05, 0.1) is 12.9 Å². The molecule has 0 aliphatic carbocycles. The Kier molecular flexibility index (Phi) is 4.35. The molecule has 1 heterocycles. The summed E-state index contributed by atoms with van der Waals surface area (Å²) in [6.45, 7) is 1.23. The summed E-state index contributed by atoms with van der Waals surface area (Å²) in [4.78, 5) is 15.4. The van der Waals surface area contributed by atoms with Gasteiger partial charge in [-0.05, 0) is 12.1 Å². The first-order valence-electron chi connectivity index (χ1n) is 5.75. The van der Waals surface area contributed by atoms with Gasteiger partial charge < -0.3 is 14.6 Å². The standard InChI is InChI=1S/C13H15N3O2/c17-13(10-16-8-6-14-11-16)15-7-9-18-12-4-2-1-3-5-12/h1-6,8,11H,7,9-10H2,(H,15,17). The Bertz CT molecular complexity index is 468. The van der Waals surface area contributed by atoms with Crippen LogP contribution in [0, 0.1) is 0 Å². The number of carbonyl (C=O) groups excluding carboxylic acids is 1. The lowest BCUT2D eigenvalue weighted by Gasteiger charge is -2.07. The predicted molar refractivity (Wildman–Crippen MR) is 67.2 cm³/mol. The molecule has 18 heavy (non-hydrogen) atoms. The fourth-order valence-corrected chi connectivity index (χ4v) is 1.48. The highest BCUT2D eigenvalue weighted by Gasteiger charge is 2.01. The normalized spacial score (nSPS) is 10.0. The molecule has 0 unspecified atom stereocenters. The molecule has 0 spiro atoms. The highest BCUT2D eigenvalue weighted by Crippen LogP contribution is 2.07. The van der Waals surface area contributed by atoms with Gasteiger partial charge in [-0.2, -0.15) is 0 Å². The van der Waals surface area contributed by atoms with Crippen molar-refractivity contribution < 1.29 is 9.53 Å². The quantitative estimate of drug-likeness (QED) is 0.775. The molecular formula is C13H15N3O2. The summed E-state index contributed by atoms with van der Waals surface area (Å²) in [5.74, 6) is 0.756. The second kappa shape index (κ2) is 6.44. The van der Waals surface area contributed by atoms with Crippen LogP contribution in [0.2, 0.25) is 0 Å². The van der Waals surface area contributed by atoms with Crippen LogP contribution in [0.4, 0.5) is 0 Å². The second-order valence-electron chi connectivity index (χ2n) is 3.75. The molecule has 0 atom stereocenters. The average molecular weight is 245 g/mol. The number of amides is 1. The SMILES string of the molecule is O=C(Cn1ccnc1)NCCOc1ccccc1. The van der Waals surface area contributed by atoms with E-state index in [-0.39, 0.29) is 12.5 Å². The van der Waals surface area contributed by atoms with Gasteiger partial charge in [-0.15, -0.1) is 0 Å². The molecule has 0 radical (unpaired) electrons. The van der Waals surface area contributed by atoms with E-state index in [9.17, 15) is 4.79 Å². The third-order valence-corrected chi connectivity index (χ3v) is 2.32. The van der Waals surface area contributed by atoms with E-state index in [4.69, 9.17) is 4.74 Å². The molecule has 94 valence electrons. The minimum Gasteiger partial charge on any atom is -0.492 e. The van der Waals surface area contributed by atoms with Crippen molar-refractivity contribution in [2.45, 2.75) is 6.54 Å². The van der Waals surface area contributed by atoms with E-state index < -0.39 is 0 Å². The number of carbonyl (C=O) groups is 1. The summed E-state index contributed by atoms with van der Waals surface area (Å²) in [5.41, 5.74) is 0. The first-order chi connectivity index (χ1) is 8.84. The first kappa shape index (κ1) is 12.2. The van der Waals surface area contributed by atoms with Gasteiger partial charge in [-0.3, -0.25) is 4.79 Å². The first-order valence-corrected chi connectivity index (χ1v) is 5.75. The maximum atomic E-state index is 11.5. The predicted octanol–water partition coefficient (Wildman–Crippen LogP) is 1.08. The number of para-hydroxylation sites is 1. The van der Waals surface area contributed by atoms with Crippen molar-refractivity contribution in [1.82, 2.24) is 14.9 Å². The largest absolute Gasteiger partial charge is 0.492 e. The number of ether oxygens (including phenoxy) is 1. The van der Waals surface area contributed by atoms with Crippen LogP contribution in [-0.4, -0.2) is 28.6 Å². The zero-order chi connectivity index (χ0) is 12.6. The Hall–Kier alpha value is -2.30. The van der Waals surface area contributed by atoms with Crippen molar-refractivity contribution in [2.75, 3.05) is 13.2 Å². The number of aromatic nitrogens is 2. The zero-order valence-electron chi connectivity index (χ0n) is 9.95. The summed E-state index contributed by atoms with van der Waals surface area (Å²) >= 11 is 0. The minimum atomic E-state index is -0.0512. The van der Waals surface area contributed by atoms with Crippen LogP contribution in [0.1, 0.15) is 0 Å². The van der Waals surface area contributed by atoms with E-state index in [2.05, 4.69) is 10.3 Å². The fourth-order valence-electron chi connectivity index (χ4n) is 1.48. The van der Waals surface area contributed by atoms with Gasteiger partial charge >= 0.3 is 0 Å². The molecule has 0 aliphatic rings. The maximum absolute atomic E-state index is 11.5. The van der Waals surface area contributed by atoms with E-state index >= 15 is 0 Å². The Morgan fingerprint density at radius 2 is 2.17 bits per heavy atom. The molecule has 2 rings (SSSR count). The van der Waals surface area contributed by atoms with Crippen LogP contribution in [-0.2, 0) is 11.3 Å². The van der Waals surface area contributed by atoms with E-state index in [0.29, 0.717) is 13.2 Å². The number of nitrogens with one attached hydrogen (secondary N) is 1. The average Bonchev–Trinajstić information content (AvgIpc) is 2.89. The Morgan fingerprint density at radius 3 is 2.89 bits per heavy atom. The van der Waals surface area contributed by atoms with Gasteiger partial charge in [0.15, 0.2) is 0 Å². The molecule has 1 N–H and O–H groups in total. The number of rotatable bonds is 6. The Balaban J connectivity index is 1.62. The molecule has 2 aromatic rings. The molecule has 1 aromatic heterocycles. The van der Waals surface area contributed by atoms with E-state index in [1.165, 1.54) is 0 Å². The summed E-state index contributed by atoms with van der Waals surface area (Å²) in [7, 11) is 0. The number of nitrogens with zero attached hydrogens (tertiary/aromatic N) is 2. The molecule has 0 fully saturated rings. The number of benzene rings is 1. The summed E-state index contributed by atoms with van der Waals surface area (Å²) < 4.78 is 7.17. The lowest BCUT2D eigenvalue weighted by Crippen LogP contribution is -2.30. The summed E-state index contributed by atoms with van der Waals surface area (Å²) in [6.07, 6.45) is 5.01. The van der Waals surface area contributed by atoms with E-state index in [1.807, 2.05) is 30.3 Å². The Morgan fingerprint density at radius 1 is 1.33 bits per heavy atom. The van der Waals surface area contributed by atoms with Crippen molar-refractivity contribution in [2.24, 2.45) is 0 Å². The highest BCUT2D eigenvalue weighted by atomic mass is 16.5. The van der Waals surface area contributed by atoms with Gasteiger partial charge in [0.25, 0.3) is 0 Å². The highest BCUT2D eigenvalue weighted by molar-refractivity contribution is 5.75. The van der Waals surface area contributed by atoms with E-state index in [1.54, 1.807) is 23.3 Å². The van der Waals surface area contributed by atoms with Gasteiger partial charge in [0, 0.05) is 12.4 Å². The van der Waals surface area contributed by atoms with Crippen LogP contribution in [0.5, 0.6) is 5.75 Å². The topological polar surface area (TPSA) is 56.2 Å². The second-order valence-corrected chi connectivity index (χ2v) is 3.75. The number of imidazole rings is 1. The fraction of sp³-hybridized carbons (Fsp3) is 0.231. The van der Waals surface area contributed by atoms with Gasteiger partial charge in [0.1, 0.15) is 18.9 Å². The number of hydrogen-bond acceptors (Lipinski definition) is 3. The molecule has 1 aromatic carbocycles. The maximum Gasteiger partial charge on any atom is 0.240 e. The van der Waals surface area contributed by atoms with Crippen molar-refractivity contribution in [3.05, 3.63) is 49.1 Å². The lowest BCUT2D eigenvalue weighted by molar-refractivity contribution is -0.121. The lowest BCUT2D eigenvalue weighted by atomic mass is 10.3. The molecule has 0 aliphatic heterocycles. The van der Waals surface area contributed by atoms with Crippen molar-refractivity contribution >= 4 is 5.91 Å². The van der Waals surface area contributed by atoms with Crippen molar-refractivity contribution in [1.29, 1.82) is 0 Å². The molecule has 0 saturated heterocycles.